The number of anilines is 1. The minimum absolute atomic E-state index is 0.0762. The average Bonchev–Trinajstić information content (AvgIpc) is 2.90. The molecule has 3 aromatic rings. The summed E-state index contributed by atoms with van der Waals surface area (Å²) >= 11 is 0. The first-order chi connectivity index (χ1) is 9.08. The minimum atomic E-state index is -0.0762. The summed E-state index contributed by atoms with van der Waals surface area (Å²) in [6.45, 7) is 3.98. The molecule has 0 saturated carbocycles. The summed E-state index contributed by atoms with van der Waals surface area (Å²) in [5, 5.41) is 8.01. The molecule has 19 heavy (non-hydrogen) atoms. The zero-order valence-corrected chi connectivity index (χ0v) is 11.1. The summed E-state index contributed by atoms with van der Waals surface area (Å²) in [6, 6.07) is 1.89. The molecule has 3 rings (SSSR count). The highest BCUT2D eigenvalue weighted by molar-refractivity contribution is 5.75. The number of hydrogen-bond acceptors (Lipinski definition) is 5. The lowest BCUT2D eigenvalue weighted by molar-refractivity contribution is 0.590. The maximum absolute atomic E-state index is 6.01. The van der Waals surface area contributed by atoms with Gasteiger partial charge in [-0.05, 0) is 25.5 Å². The third-order valence-electron chi connectivity index (χ3n) is 3.20. The van der Waals surface area contributed by atoms with Gasteiger partial charge in [-0.2, -0.15) is 0 Å². The van der Waals surface area contributed by atoms with Gasteiger partial charge in [-0.1, -0.05) is 0 Å². The summed E-state index contributed by atoms with van der Waals surface area (Å²) < 4.78 is 3.74. The van der Waals surface area contributed by atoms with Gasteiger partial charge in [0.2, 0.25) is 5.95 Å². The van der Waals surface area contributed by atoms with Crippen molar-refractivity contribution >= 4 is 17.1 Å². The van der Waals surface area contributed by atoms with Crippen LogP contribution in [-0.2, 0) is 7.05 Å². The van der Waals surface area contributed by atoms with Gasteiger partial charge in [0, 0.05) is 13.2 Å². The molecule has 2 N–H and O–H groups in total. The van der Waals surface area contributed by atoms with Crippen molar-refractivity contribution in [3.63, 3.8) is 0 Å². The summed E-state index contributed by atoms with van der Waals surface area (Å²) in [5.74, 6) is 1.25. The SMILES string of the molecule is Cc1cnc2c(c1)nc(N)n2C(C)c1nncn1C. The van der Waals surface area contributed by atoms with Crippen molar-refractivity contribution in [1.82, 2.24) is 29.3 Å². The summed E-state index contributed by atoms with van der Waals surface area (Å²) in [7, 11) is 1.90. The molecule has 98 valence electrons. The Morgan fingerprint density at radius 2 is 2.16 bits per heavy atom. The molecule has 0 amide bonds. The summed E-state index contributed by atoms with van der Waals surface area (Å²) in [5.41, 5.74) is 8.63. The van der Waals surface area contributed by atoms with Gasteiger partial charge in [0.25, 0.3) is 0 Å². The molecule has 0 bridgehead atoms. The van der Waals surface area contributed by atoms with Crippen molar-refractivity contribution in [3.05, 3.63) is 30.0 Å². The fraction of sp³-hybridized carbons (Fsp3) is 0.333. The van der Waals surface area contributed by atoms with Gasteiger partial charge in [0.1, 0.15) is 11.8 Å². The first-order valence-electron chi connectivity index (χ1n) is 6.02. The second-order valence-corrected chi connectivity index (χ2v) is 4.67. The van der Waals surface area contributed by atoms with E-state index in [1.165, 1.54) is 0 Å². The maximum Gasteiger partial charge on any atom is 0.203 e. The molecule has 7 heteroatoms. The number of nitrogens with two attached hydrogens (primary N) is 1. The Morgan fingerprint density at radius 1 is 1.37 bits per heavy atom. The van der Waals surface area contributed by atoms with Crippen molar-refractivity contribution in [3.8, 4) is 0 Å². The number of aryl methyl sites for hydroxylation is 2. The van der Waals surface area contributed by atoms with Crippen LogP contribution in [-0.4, -0.2) is 29.3 Å². The van der Waals surface area contributed by atoms with Crippen LogP contribution in [0.3, 0.4) is 0 Å². The molecule has 7 nitrogen and oxygen atoms in total. The lowest BCUT2D eigenvalue weighted by atomic mass is 10.3. The second-order valence-electron chi connectivity index (χ2n) is 4.67. The normalized spacial score (nSPS) is 13.0. The number of imidazole rings is 1. The second kappa shape index (κ2) is 4.04. The maximum atomic E-state index is 6.01. The number of aromatic nitrogens is 6. The number of fused-ring (bicyclic) bond motifs is 1. The van der Waals surface area contributed by atoms with Crippen molar-refractivity contribution < 1.29 is 0 Å². The largest absolute Gasteiger partial charge is 0.369 e. The molecule has 0 fully saturated rings. The smallest absolute Gasteiger partial charge is 0.203 e. The van der Waals surface area contributed by atoms with Crippen LogP contribution >= 0.6 is 0 Å². The van der Waals surface area contributed by atoms with Crippen LogP contribution in [0.25, 0.3) is 11.2 Å². The third-order valence-corrected chi connectivity index (χ3v) is 3.20. The Bertz CT molecular complexity index is 740. The Hall–Kier alpha value is -2.44. The van der Waals surface area contributed by atoms with E-state index in [2.05, 4.69) is 20.2 Å². The first-order valence-corrected chi connectivity index (χ1v) is 6.02. The van der Waals surface area contributed by atoms with E-state index < -0.39 is 0 Å². The van der Waals surface area contributed by atoms with Crippen LogP contribution in [0.2, 0.25) is 0 Å². The van der Waals surface area contributed by atoms with Crippen LogP contribution in [0.4, 0.5) is 5.95 Å². The molecule has 0 spiro atoms. The predicted octanol–water partition coefficient (Wildman–Crippen LogP) is 1.06. The minimum Gasteiger partial charge on any atom is -0.369 e. The molecule has 1 unspecified atom stereocenters. The number of pyridine rings is 1. The topological polar surface area (TPSA) is 87.4 Å². The molecule has 0 aliphatic carbocycles. The number of rotatable bonds is 2. The number of hydrogen-bond donors (Lipinski definition) is 1. The molecular weight excluding hydrogens is 242 g/mol. The Morgan fingerprint density at radius 3 is 2.84 bits per heavy atom. The summed E-state index contributed by atoms with van der Waals surface area (Å²) in [4.78, 5) is 8.78. The van der Waals surface area contributed by atoms with Crippen molar-refractivity contribution in [2.45, 2.75) is 19.9 Å². The van der Waals surface area contributed by atoms with E-state index in [4.69, 9.17) is 5.73 Å². The molecule has 0 aromatic carbocycles. The average molecular weight is 257 g/mol. The van der Waals surface area contributed by atoms with E-state index in [1.54, 1.807) is 6.33 Å². The van der Waals surface area contributed by atoms with Gasteiger partial charge in [0.15, 0.2) is 11.5 Å². The number of nitrogen functional groups attached to an aromatic ring is 1. The molecule has 3 aromatic heterocycles. The Balaban J connectivity index is 2.20. The van der Waals surface area contributed by atoms with Crippen molar-refractivity contribution in [1.29, 1.82) is 0 Å². The van der Waals surface area contributed by atoms with Gasteiger partial charge >= 0.3 is 0 Å². The highest BCUT2D eigenvalue weighted by Crippen LogP contribution is 2.24. The fourth-order valence-corrected chi connectivity index (χ4v) is 2.27. The van der Waals surface area contributed by atoms with Crippen LogP contribution < -0.4 is 5.73 Å². The van der Waals surface area contributed by atoms with E-state index in [9.17, 15) is 0 Å². The highest BCUT2D eigenvalue weighted by Gasteiger charge is 2.20. The lowest BCUT2D eigenvalue weighted by Crippen LogP contribution is -2.14. The first kappa shape index (κ1) is 11.6. The van der Waals surface area contributed by atoms with Gasteiger partial charge in [-0.15, -0.1) is 10.2 Å². The van der Waals surface area contributed by atoms with Crippen molar-refractivity contribution in [2.24, 2.45) is 7.05 Å². The standard InChI is InChI=1S/C12H15N7/c1-7-4-9-11(14-5-7)19(12(13)16-9)8(2)10-17-15-6-18(10)3/h4-6,8H,1-3H3,(H2,13,16). The van der Waals surface area contributed by atoms with Gasteiger partial charge < -0.3 is 10.3 Å². The van der Waals surface area contributed by atoms with Crippen LogP contribution in [0, 0.1) is 6.92 Å². The molecule has 0 aliphatic rings. The number of nitrogens with zero attached hydrogens (tertiary/aromatic N) is 6. The Kier molecular flexibility index (Phi) is 2.48. The van der Waals surface area contributed by atoms with Crippen LogP contribution in [0.5, 0.6) is 0 Å². The molecule has 3 heterocycles. The third kappa shape index (κ3) is 1.74. The molecule has 0 saturated heterocycles. The van der Waals surface area contributed by atoms with Crippen LogP contribution in [0.1, 0.15) is 24.4 Å². The zero-order chi connectivity index (χ0) is 13.6. The fourth-order valence-electron chi connectivity index (χ4n) is 2.27. The van der Waals surface area contributed by atoms with Crippen molar-refractivity contribution in [2.75, 3.05) is 5.73 Å². The quantitative estimate of drug-likeness (QED) is 0.741. The van der Waals surface area contributed by atoms with E-state index in [1.807, 2.05) is 42.3 Å². The molecular formula is C12H15N7. The van der Waals surface area contributed by atoms with E-state index in [-0.39, 0.29) is 6.04 Å². The summed E-state index contributed by atoms with van der Waals surface area (Å²) in [6.07, 6.45) is 3.47. The van der Waals surface area contributed by atoms with E-state index >= 15 is 0 Å². The zero-order valence-electron chi connectivity index (χ0n) is 11.1. The van der Waals surface area contributed by atoms with Crippen LogP contribution in [0.15, 0.2) is 18.6 Å². The van der Waals surface area contributed by atoms with E-state index in [0.29, 0.717) is 5.95 Å². The van der Waals surface area contributed by atoms with Gasteiger partial charge in [-0.25, -0.2) is 9.97 Å². The lowest BCUT2D eigenvalue weighted by Gasteiger charge is -2.14. The monoisotopic (exact) mass is 257 g/mol. The molecule has 0 aliphatic heterocycles. The molecule has 0 radical (unpaired) electrons. The molecule has 1 atom stereocenters. The Labute approximate surface area is 110 Å². The van der Waals surface area contributed by atoms with E-state index in [0.717, 1.165) is 22.6 Å². The van der Waals surface area contributed by atoms with Gasteiger partial charge in [-0.3, -0.25) is 4.57 Å². The highest BCUT2D eigenvalue weighted by atomic mass is 15.3. The van der Waals surface area contributed by atoms with Gasteiger partial charge in [0.05, 0.1) is 6.04 Å². The predicted molar refractivity (Wildman–Crippen MR) is 71.5 cm³/mol.